The van der Waals surface area contributed by atoms with Crippen LogP contribution in [0.1, 0.15) is 40.0 Å². The van der Waals surface area contributed by atoms with Gasteiger partial charge in [-0.15, -0.1) is 0 Å². The number of carbonyl (C=O) groups is 3. The monoisotopic (exact) mass is 547 g/mol. The summed E-state index contributed by atoms with van der Waals surface area (Å²) >= 11 is 0. The zero-order valence-corrected chi connectivity index (χ0v) is 22.0. The topological polar surface area (TPSA) is 85.0 Å². The van der Waals surface area contributed by atoms with E-state index < -0.39 is 17.5 Å². The fourth-order valence-electron chi connectivity index (χ4n) is 5.04. The van der Waals surface area contributed by atoms with Gasteiger partial charge in [0.25, 0.3) is 11.8 Å². The Balaban J connectivity index is 1.32. The third-order valence-electron chi connectivity index (χ3n) is 7.26. The molecule has 2 saturated heterocycles. The summed E-state index contributed by atoms with van der Waals surface area (Å²) in [5, 5.41) is 5.43. The average molecular weight is 548 g/mol. The molecule has 4 amide bonds. The number of nitrogens with zero attached hydrogens (tertiary/aromatic N) is 3. The highest BCUT2D eigenvalue weighted by Gasteiger charge is 2.27. The highest BCUT2D eigenvalue weighted by molar-refractivity contribution is 6.06. The Bertz CT molecular complexity index is 1380. The number of piperazine rings is 1. The number of anilines is 3. The van der Waals surface area contributed by atoms with Gasteiger partial charge in [-0.3, -0.25) is 9.59 Å². The zero-order valence-electron chi connectivity index (χ0n) is 22.0. The Hall–Kier alpha value is -4.47. The van der Waals surface area contributed by atoms with Crippen molar-refractivity contribution in [2.45, 2.75) is 19.3 Å². The number of likely N-dealkylation sites (tertiary alicyclic amines) is 1. The summed E-state index contributed by atoms with van der Waals surface area (Å²) in [7, 11) is 0. The standard InChI is InChI=1S/C30H31F2N5O3/c31-22-10-8-21(9-11-22)28(38)33-23-12-13-27(24(20-23)29(39)36-14-4-1-5-15-36)35-16-18-37(19-17-35)30(40)34-26-7-3-2-6-25(26)32/h2-3,6-13,20H,1,4-5,14-19H2,(H,33,38)(H,34,40). The first-order valence-corrected chi connectivity index (χ1v) is 13.4. The minimum atomic E-state index is -0.498. The van der Waals surface area contributed by atoms with Crippen LogP contribution < -0.4 is 15.5 Å². The van der Waals surface area contributed by atoms with Crippen molar-refractivity contribution in [3.8, 4) is 0 Å². The summed E-state index contributed by atoms with van der Waals surface area (Å²) in [4.78, 5) is 44.6. The fourth-order valence-corrected chi connectivity index (χ4v) is 5.04. The third kappa shape index (κ3) is 6.22. The summed E-state index contributed by atoms with van der Waals surface area (Å²) < 4.78 is 27.3. The highest BCUT2D eigenvalue weighted by Crippen LogP contribution is 2.28. The molecule has 2 N–H and O–H groups in total. The molecule has 0 aliphatic carbocycles. The number of hydrogen-bond acceptors (Lipinski definition) is 4. The summed E-state index contributed by atoms with van der Waals surface area (Å²) in [6.45, 7) is 3.09. The molecule has 2 fully saturated rings. The number of amides is 4. The maximum Gasteiger partial charge on any atom is 0.322 e. The Labute approximate surface area is 231 Å². The molecule has 0 spiro atoms. The lowest BCUT2D eigenvalue weighted by atomic mass is 10.1. The van der Waals surface area contributed by atoms with E-state index in [1.807, 2.05) is 11.0 Å². The van der Waals surface area contributed by atoms with Crippen molar-refractivity contribution < 1.29 is 23.2 Å². The quantitative estimate of drug-likeness (QED) is 0.460. The molecule has 8 nitrogen and oxygen atoms in total. The number of para-hydroxylation sites is 1. The molecule has 0 atom stereocenters. The van der Waals surface area contributed by atoms with Gasteiger partial charge in [-0.25, -0.2) is 13.6 Å². The largest absolute Gasteiger partial charge is 0.367 e. The van der Waals surface area contributed by atoms with Gasteiger partial charge in [0.15, 0.2) is 0 Å². The van der Waals surface area contributed by atoms with E-state index in [2.05, 4.69) is 15.5 Å². The number of rotatable bonds is 5. The van der Waals surface area contributed by atoms with Gasteiger partial charge in [0.05, 0.1) is 11.3 Å². The second-order valence-corrected chi connectivity index (χ2v) is 9.93. The van der Waals surface area contributed by atoms with Crippen LogP contribution in [0.15, 0.2) is 66.7 Å². The van der Waals surface area contributed by atoms with Gasteiger partial charge in [0.1, 0.15) is 11.6 Å². The van der Waals surface area contributed by atoms with Crippen molar-refractivity contribution in [2.24, 2.45) is 0 Å². The van der Waals surface area contributed by atoms with Crippen LogP contribution in [0.5, 0.6) is 0 Å². The summed E-state index contributed by atoms with van der Waals surface area (Å²) in [6.07, 6.45) is 2.97. The molecule has 0 unspecified atom stereocenters. The van der Waals surface area contributed by atoms with Crippen molar-refractivity contribution in [3.63, 3.8) is 0 Å². The second kappa shape index (κ2) is 12.1. The van der Waals surface area contributed by atoms with Gasteiger partial charge in [-0.2, -0.15) is 0 Å². The number of benzene rings is 3. The molecule has 0 bridgehead atoms. The van der Waals surface area contributed by atoms with Gasteiger partial charge in [-0.05, 0) is 73.9 Å². The van der Waals surface area contributed by atoms with E-state index in [-0.39, 0.29) is 17.6 Å². The summed E-state index contributed by atoms with van der Waals surface area (Å²) in [5.74, 6) is -1.44. The molecule has 40 heavy (non-hydrogen) atoms. The van der Waals surface area contributed by atoms with Gasteiger partial charge < -0.3 is 25.3 Å². The number of urea groups is 1. The molecule has 5 rings (SSSR count). The van der Waals surface area contributed by atoms with Gasteiger partial charge >= 0.3 is 6.03 Å². The first kappa shape index (κ1) is 27.1. The molecule has 208 valence electrons. The van der Waals surface area contributed by atoms with E-state index in [1.165, 1.54) is 36.4 Å². The van der Waals surface area contributed by atoms with Crippen LogP contribution >= 0.6 is 0 Å². The van der Waals surface area contributed by atoms with Crippen LogP contribution in [-0.2, 0) is 0 Å². The molecule has 10 heteroatoms. The van der Waals surface area contributed by atoms with Crippen LogP contribution in [-0.4, -0.2) is 66.9 Å². The summed E-state index contributed by atoms with van der Waals surface area (Å²) in [5.41, 5.74) is 2.09. The van der Waals surface area contributed by atoms with Crippen molar-refractivity contribution in [1.82, 2.24) is 9.80 Å². The number of piperidine rings is 1. The van der Waals surface area contributed by atoms with E-state index in [0.29, 0.717) is 56.1 Å². The van der Waals surface area contributed by atoms with Gasteiger partial charge in [-0.1, -0.05) is 12.1 Å². The average Bonchev–Trinajstić information content (AvgIpc) is 2.99. The van der Waals surface area contributed by atoms with Gasteiger partial charge in [0.2, 0.25) is 0 Å². The number of carbonyl (C=O) groups excluding carboxylic acids is 3. The highest BCUT2D eigenvalue weighted by atomic mass is 19.1. The van der Waals surface area contributed by atoms with E-state index in [1.54, 1.807) is 29.2 Å². The van der Waals surface area contributed by atoms with Gasteiger partial charge in [0, 0.05) is 56.2 Å². The van der Waals surface area contributed by atoms with E-state index in [9.17, 15) is 23.2 Å². The Morgan fingerprint density at radius 1 is 0.700 bits per heavy atom. The Kier molecular flexibility index (Phi) is 8.23. The van der Waals surface area contributed by atoms with Crippen molar-refractivity contribution in [3.05, 3.63) is 89.5 Å². The van der Waals surface area contributed by atoms with E-state index in [0.717, 1.165) is 24.9 Å². The van der Waals surface area contributed by atoms with Crippen LogP contribution in [0.25, 0.3) is 0 Å². The lowest BCUT2D eigenvalue weighted by molar-refractivity contribution is 0.0724. The summed E-state index contributed by atoms with van der Waals surface area (Å²) in [6, 6.07) is 16.1. The lowest BCUT2D eigenvalue weighted by Gasteiger charge is -2.37. The van der Waals surface area contributed by atoms with E-state index >= 15 is 0 Å². The second-order valence-electron chi connectivity index (χ2n) is 9.93. The minimum Gasteiger partial charge on any atom is -0.367 e. The molecule has 3 aromatic rings. The van der Waals surface area contributed by atoms with Crippen LogP contribution in [0.3, 0.4) is 0 Å². The molecule has 0 saturated carbocycles. The van der Waals surface area contributed by atoms with Crippen LogP contribution in [0.2, 0.25) is 0 Å². The van der Waals surface area contributed by atoms with E-state index in [4.69, 9.17) is 0 Å². The molecule has 0 aromatic heterocycles. The van der Waals surface area contributed by atoms with Crippen molar-refractivity contribution >= 4 is 34.9 Å². The van der Waals surface area contributed by atoms with Crippen LogP contribution in [0.4, 0.5) is 30.6 Å². The molecule has 3 aromatic carbocycles. The zero-order chi connectivity index (χ0) is 28.1. The van der Waals surface area contributed by atoms with Crippen LogP contribution in [0, 0.1) is 11.6 Å². The molecular weight excluding hydrogens is 516 g/mol. The smallest absolute Gasteiger partial charge is 0.322 e. The molecule has 2 aliphatic rings. The maximum atomic E-state index is 14.0. The minimum absolute atomic E-state index is 0.104. The maximum absolute atomic E-state index is 14.0. The molecule has 0 radical (unpaired) electrons. The first-order chi connectivity index (χ1) is 19.4. The first-order valence-electron chi connectivity index (χ1n) is 13.4. The molecular formula is C30H31F2N5O3. The Morgan fingerprint density at radius 2 is 1.40 bits per heavy atom. The predicted octanol–water partition coefficient (Wildman–Crippen LogP) is 5.20. The fraction of sp³-hybridized carbons (Fsp3) is 0.300. The third-order valence-corrected chi connectivity index (χ3v) is 7.26. The number of nitrogens with one attached hydrogen (secondary N) is 2. The molecule has 2 heterocycles. The van der Waals surface area contributed by atoms with Crippen molar-refractivity contribution in [1.29, 1.82) is 0 Å². The molecule has 2 aliphatic heterocycles. The SMILES string of the molecule is O=C(Nc1ccc(N2CCN(C(=O)Nc3ccccc3F)CC2)c(C(=O)N2CCCCC2)c1)c1ccc(F)cc1. The van der Waals surface area contributed by atoms with Crippen molar-refractivity contribution in [2.75, 3.05) is 54.8 Å². The number of hydrogen-bond donors (Lipinski definition) is 2. The Morgan fingerprint density at radius 3 is 2.10 bits per heavy atom. The lowest BCUT2D eigenvalue weighted by Crippen LogP contribution is -2.50. The number of halogens is 2. The predicted molar refractivity (Wildman–Crippen MR) is 150 cm³/mol. The normalized spacial score (nSPS) is 15.5.